The van der Waals surface area contributed by atoms with E-state index in [4.69, 9.17) is 48.4 Å². The van der Waals surface area contributed by atoms with Gasteiger partial charge in [0.15, 0.2) is 0 Å². The van der Waals surface area contributed by atoms with Crippen LogP contribution in [0.15, 0.2) is 64.9 Å². The lowest BCUT2D eigenvalue weighted by molar-refractivity contribution is 0.0267. The molecule has 82 heavy (non-hydrogen) atoms. The van der Waals surface area contributed by atoms with Crippen molar-refractivity contribution in [1.82, 2.24) is 29.7 Å². The maximum Gasteiger partial charge on any atom is 0.254 e. The Kier molecular flexibility index (Phi) is 18.5. The number of benzene rings is 2. The minimum atomic E-state index is -1.05. The Bertz CT molecular complexity index is 2880. The van der Waals surface area contributed by atoms with Gasteiger partial charge in [0.2, 0.25) is 11.9 Å². The lowest BCUT2D eigenvalue weighted by atomic mass is 10.0. The van der Waals surface area contributed by atoms with E-state index in [0.29, 0.717) is 35.6 Å². The van der Waals surface area contributed by atoms with E-state index in [0.717, 1.165) is 249 Å². The molecule has 0 radical (unpaired) electrons. The van der Waals surface area contributed by atoms with E-state index >= 15 is 0 Å². The number of nitrogens with zero attached hydrogens (tertiary/aromatic N) is 8. The molecule has 2 atom stereocenters. The Morgan fingerprint density at radius 3 is 1.35 bits per heavy atom. The second-order valence-corrected chi connectivity index (χ2v) is 26.3. The van der Waals surface area contributed by atoms with Crippen molar-refractivity contribution in [3.05, 3.63) is 77.6 Å². The van der Waals surface area contributed by atoms with Gasteiger partial charge >= 0.3 is 0 Å². The number of aryl methyl sites for hydroxylation is 2. The van der Waals surface area contributed by atoms with Gasteiger partial charge in [-0.25, -0.2) is 9.97 Å². The minimum absolute atomic E-state index is 0.0924. The number of aromatic nitrogens is 4. The molecule has 8 aliphatic heterocycles. The van der Waals surface area contributed by atoms with Crippen molar-refractivity contribution in [2.45, 2.75) is 155 Å². The van der Waals surface area contributed by atoms with E-state index in [9.17, 15) is 13.2 Å². The zero-order chi connectivity index (χ0) is 55.9. The quantitative estimate of drug-likeness (QED) is 0.112. The fourth-order valence-electron chi connectivity index (χ4n) is 12.6. The molecule has 19 nitrogen and oxygen atoms in total. The predicted octanol–water partition coefficient (Wildman–Crippen LogP) is 7.42. The summed E-state index contributed by atoms with van der Waals surface area (Å²) < 4.78 is 60.2. The third-order valence-corrected chi connectivity index (χ3v) is 20.7. The van der Waals surface area contributed by atoms with E-state index in [2.05, 4.69) is 68.1 Å². The largest absolute Gasteiger partial charge is 0.490 e. The smallest absolute Gasteiger partial charge is 0.254 e. The summed E-state index contributed by atoms with van der Waals surface area (Å²) >= 11 is 0. The van der Waals surface area contributed by atoms with Crippen LogP contribution in [0.3, 0.4) is 0 Å². The highest BCUT2D eigenvalue weighted by Gasteiger charge is 2.39. The van der Waals surface area contributed by atoms with Gasteiger partial charge in [-0.2, -0.15) is 9.97 Å². The molecule has 0 spiro atoms. The van der Waals surface area contributed by atoms with Crippen molar-refractivity contribution in [2.75, 3.05) is 118 Å². The number of ether oxygens (including phenoxy) is 6. The van der Waals surface area contributed by atoms with Crippen LogP contribution < -0.4 is 29.9 Å². The molecule has 1 amide bonds. The first-order chi connectivity index (χ1) is 40.2. The second-order valence-electron chi connectivity index (χ2n) is 23.3. The van der Waals surface area contributed by atoms with Crippen LogP contribution >= 0.6 is 0 Å². The number of piperidine rings is 2. The summed E-state index contributed by atoms with van der Waals surface area (Å²) in [5, 5.41) is 7.15. The average molecular weight is 1160 g/mol. The van der Waals surface area contributed by atoms with Crippen molar-refractivity contribution < 1.29 is 41.6 Å². The molecule has 13 rings (SSSR count). The van der Waals surface area contributed by atoms with Crippen LogP contribution in [0.25, 0.3) is 5.70 Å². The first-order valence-corrected chi connectivity index (χ1v) is 33.0. The maximum atomic E-state index is 13.4. The van der Waals surface area contributed by atoms with E-state index in [1.54, 1.807) is 0 Å². The number of carbonyl (C=O) groups excluding carboxylic acids is 1. The van der Waals surface area contributed by atoms with Crippen LogP contribution in [0.1, 0.15) is 117 Å². The molecule has 2 aromatic carbocycles. The summed E-state index contributed by atoms with van der Waals surface area (Å²) in [6.07, 6.45) is 15.1. The van der Waals surface area contributed by atoms with Crippen molar-refractivity contribution in [3.63, 3.8) is 0 Å². The zero-order valence-corrected chi connectivity index (χ0v) is 49.3. The molecule has 2 aromatic heterocycles. The Balaban J connectivity index is 0.000000162. The number of rotatable bonds is 16. The number of carbonyl (C=O) groups is 1. The van der Waals surface area contributed by atoms with Crippen LogP contribution in [0.4, 0.5) is 23.5 Å². The number of anilines is 4. The molecule has 9 aliphatic rings. The highest BCUT2D eigenvalue weighted by molar-refractivity contribution is 7.85. The van der Waals surface area contributed by atoms with Crippen LogP contribution in [0, 0.1) is 0 Å². The Labute approximate surface area is 487 Å². The van der Waals surface area contributed by atoms with Gasteiger partial charge < -0.3 is 58.7 Å². The monoisotopic (exact) mass is 1160 g/mol. The van der Waals surface area contributed by atoms with E-state index in [1.807, 2.05) is 24.3 Å². The van der Waals surface area contributed by atoms with Gasteiger partial charge in [-0.3, -0.25) is 13.2 Å². The number of fused-ring (bicyclic) bond motifs is 2. The van der Waals surface area contributed by atoms with E-state index < -0.39 is 21.6 Å². The SMILES string of the molecule is C=C(c1ccc(OC2CCN(c3nc4c(c(NC5CCOCC5)n3)S(=O)CC4)CC2)cc1)N(C)C1CCOCC1.O=C(c1ccc(OC2CCN(c3nc4c(c(NC5CCOCC5)n3)S(=O)CC4)CC2)cc1)N(C1CCOCC1)C1CC1. The molecule has 2 N–H and O–H groups in total. The number of hydrogen-bond acceptors (Lipinski definition) is 18. The minimum Gasteiger partial charge on any atom is -0.490 e. The molecule has 4 aromatic rings. The molecule has 2 unspecified atom stereocenters. The Morgan fingerprint density at radius 1 is 0.537 bits per heavy atom. The highest BCUT2D eigenvalue weighted by Crippen LogP contribution is 2.37. The Hall–Kier alpha value is -5.45. The topological polar surface area (TPSA) is 195 Å². The van der Waals surface area contributed by atoms with Crippen molar-refractivity contribution >= 4 is 56.7 Å². The zero-order valence-electron chi connectivity index (χ0n) is 47.6. The summed E-state index contributed by atoms with van der Waals surface area (Å²) in [5.41, 5.74) is 4.74. The van der Waals surface area contributed by atoms with Gasteiger partial charge in [0.25, 0.3) is 5.91 Å². The lowest BCUT2D eigenvalue weighted by Crippen LogP contribution is -2.44. The fourth-order valence-corrected chi connectivity index (χ4v) is 15.3. The Morgan fingerprint density at radius 2 is 0.927 bits per heavy atom. The first-order valence-electron chi connectivity index (χ1n) is 30.4. The highest BCUT2D eigenvalue weighted by atomic mass is 32.2. The van der Waals surface area contributed by atoms with Gasteiger partial charge in [0, 0.05) is 178 Å². The standard InChI is InChI=1S/C31H41N5O5S.C30H41N5O4S/c37-30(36(23-3-4-23)24-11-18-40-19-12-24)21-1-5-25(6-2-21)41-26-7-14-35(15-8-26)31-33-27-13-20-42(38)28(27)29(34-31)32-22-9-16-39-17-10-22;1-21(34(2)24-11-18-38-19-12-24)22-3-5-25(6-4-22)39-26-7-14-35(15-8-26)30-32-27-13-20-40(36)28(27)29(33-30)31-23-9-16-37-17-10-23/h1-2,5-6,22-24,26H,3-4,7-20H2,(H,32,33,34);3-6,23-24,26H,1,7-20H2,2H3,(H,31,32,33). The predicted molar refractivity (Wildman–Crippen MR) is 317 cm³/mol. The van der Waals surface area contributed by atoms with Crippen LogP contribution in [0.2, 0.25) is 0 Å². The summed E-state index contributed by atoms with van der Waals surface area (Å²) in [6.45, 7) is 13.7. The molecule has 1 saturated carbocycles. The number of hydrogen-bond donors (Lipinski definition) is 2. The van der Waals surface area contributed by atoms with Crippen LogP contribution in [-0.4, -0.2) is 184 Å². The summed E-state index contributed by atoms with van der Waals surface area (Å²) in [7, 11) is 0.0450. The van der Waals surface area contributed by atoms with Gasteiger partial charge in [-0.05, 0) is 118 Å². The molecule has 21 heteroatoms. The van der Waals surface area contributed by atoms with Crippen molar-refractivity contribution in [1.29, 1.82) is 0 Å². The normalized spacial score (nSPS) is 23.3. The van der Waals surface area contributed by atoms with Gasteiger partial charge in [0.1, 0.15) is 45.1 Å². The van der Waals surface area contributed by atoms with Crippen molar-refractivity contribution in [3.8, 4) is 11.5 Å². The molecule has 442 valence electrons. The van der Waals surface area contributed by atoms with Gasteiger partial charge in [-0.15, -0.1) is 0 Å². The molecule has 1 aliphatic carbocycles. The molecular formula is C61H82N10O9S2. The average Bonchev–Trinajstić information content (AvgIpc) is 4.39. The number of amides is 1. The second kappa shape index (κ2) is 26.6. The van der Waals surface area contributed by atoms with Gasteiger partial charge in [-0.1, -0.05) is 6.58 Å². The maximum absolute atomic E-state index is 13.4. The third-order valence-electron chi connectivity index (χ3n) is 17.7. The van der Waals surface area contributed by atoms with Crippen molar-refractivity contribution in [2.24, 2.45) is 0 Å². The fraction of sp³-hybridized carbons (Fsp3) is 0.623. The molecule has 7 fully saturated rings. The molecule has 10 heterocycles. The van der Waals surface area contributed by atoms with Crippen LogP contribution in [0.5, 0.6) is 11.5 Å². The number of nitrogens with one attached hydrogen (secondary N) is 2. The van der Waals surface area contributed by atoms with E-state index in [-0.39, 0.29) is 30.2 Å². The first kappa shape index (κ1) is 57.0. The third kappa shape index (κ3) is 13.7. The van der Waals surface area contributed by atoms with Gasteiger partial charge in [0.05, 0.1) is 33.0 Å². The summed E-state index contributed by atoms with van der Waals surface area (Å²) in [5.74, 6) is 6.02. The molecular weight excluding hydrogens is 1080 g/mol. The van der Waals surface area contributed by atoms with E-state index in [1.165, 1.54) is 0 Å². The molecule has 0 bridgehead atoms. The summed E-state index contributed by atoms with van der Waals surface area (Å²) in [4.78, 5) is 43.4. The van der Waals surface area contributed by atoms with Crippen LogP contribution in [-0.2, 0) is 53.4 Å². The summed E-state index contributed by atoms with van der Waals surface area (Å²) in [6, 6.07) is 17.8. The lowest BCUT2D eigenvalue weighted by Gasteiger charge is -2.34. The molecule has 6 saturated heterocycles.